The highest BCUT2D eigenvalue weighted by molar-refractivity contribution is 7.88. The molecule has 0 radical (unpaired) electrons. The SMILES string of the molecule is CCNC(=O)C(C)N(Cc1ccc(OC)cc1)C(=O)CN(C)S(C)(=O)=O. The molecule has 146 valence electrons. The van der Waals surface area contributed by atoms with Gasteiger partial charge in [-0.1, -0.05) is 12.1 Å². The molecule has 0 aliphatic rings. The molecule has 1 aromatic carbocycles. The van der Waals surface area contributed by atoms with Gasteiger partial charge in [-0.3, -0.25) is 9.59 Å². The first-order valence-electron chi connectivity index (χ1n) is 8.21. The number of benzene rings is 1. The minimum atomic E-state index is -3.50. The predicted octanol–water partition coefficient (Wildman–Crippen LogP) is 0.440. The quantitative estimate of drug-likeness (QED) is 0.665. The Labute approximate surface area is 155 Å². The molecule has 8 nitrogen and oxygen atoms in total. The molecule has 1 unspecified atom stereocenters. The fraction of sp³-hybridized carbons (Fsp3) is 0.529. The number of nitrogens with one attached hydrogen (secondary N) is 1. The lowest BCUT2D eigenvalue weighted by Gasteiger charge is -2.30. The molecule has 0 aliphatic heterocycles. The van der Waals surface area contributed by atoms with E-state index in [1.54, 1.807) is 45.2 Å². The van der Waals surface area contributed by atoms with Crippen LogP contribution >= 0.6 is 0 Å². The summed E-state index contributed by atoms with van der Waals surface area (Å²) in [7, 11) is -0.613. The third-order valence-corrected chi connectivity index (χ3v) is 5.22. The molecule has 0 heterocycles. The third kappa shape index (κ3) is 6.30. The fourth-order valence-corrected chi connectivity index (χ4v) is 2.58. The fourth-order valence-electron chi connectivity index (χ4n) is 2.23. The molecule has 0 saturated heterocycles. The van der Waals surface area contributed by atoms with Crippen LogP contribution in [-0.4, -0.2) is 69.0 Å². The van der Waals surface area contributed by atoms with E-state index in [1.807, 2.05) is 0 Å². The van der Waals surface area contributed by atoms with Gasteiger partial charge in [-0.05, 0) is 31.5 Å². The van der Waals surface area contributed by atoms with E-state index in [1.165, 1.54) is 11.9 Å². The number of ether oxygens (including phenoxy) is 1. The van der Waals surface area contributed by atoms with Crippen molar-refractivity contribution in [3.05, 3.63) is 29.8 Å². The summed E-state index contributed by atoms with van der Waals surface area (Å²) in [4.78, 5) is 26.3. The van der Waals surface area contributed by atoms with Crippen LogP contribution in [0.2, 0.25) is 0 Å². The number of hydrogen-bond acceptors (Lipinski definition) is 5. The topological polar surface area (TPSA) is 96.0 Å². The van der Waals surface area contributed by atoms with Gasteiger partial charge < -0.3 is 15.0 Å². The summed E-state index contributed by atoms with van der Waals surface area (Å²) >= 11 is 0. The molecule has 1 atom stereocenters. The lowest BCUT2D eigenvalue weighted by molar-refractivity contribution is -0.140. The molecule has 26 heavy (non-hydrogen) atoms. The molecule has 1 rings (SSSR count). The molecule has 9 heteroatoms. The zero-order chi connectivity index (χ0) is 19.9. The Balaban J connectivity index is 3.03. The van der Waals surface area contributed by atoms with E-state index in [0.717, 1.165) is 16.1 Å². The van der Waals surface area contributed by atoms with Crippen LogP contribution in [0.15, 0.2) is 24.3 Å². The number of likely N-dealkylation sites (N-methyl/N-ethyl adjacent to an activating group) is 2. The monoisotopic (exact) mass is 385 g/mol. The second kappa shape index (κ2) is 9.54. The summed E-state index contributed by atoms with van der Waals surface area (Å²) in [6.07, 6.45) is 1.03. The van der Waals surface area contributed by atoms with E-state index in [9.17, 15) is 18.0 Å². The molecule has 1 aromatic rings. The first-order valence-corrected chi connectivity index (χ1v) is 10.1. The first kappa shape index (κ1) is 21.9. The van der Waals surface area contributed by atoms with Gasteiger partial charge in [0.15, 0.2) is 0 Å². The van der Waals surface area contributed by atoms with E-state index in [0.29, 0.717) is 12.3 Å². The predicted molar refractivity (Wildman–Crippen MR) is 99.2 cm³/mol. The maximum absolute atomic E-state index is 12.7. The number of carbonyl (C=O) groups excluding carboxylic acids is 2. The van der Waals surface area contributed by atoms with Crippen LogP contribution in [0.1, 0.15) is 19.4 Å². The summed E-state index contributed by atoms with van der Waals surface area (Å²) in [6, 6.07) is 6.38. The van der Waals surface area contributed by atoms with Crippen LogP contribution < -0.4 is 10.1 Å². The Morgan fingerprint density at radius 3 is 2.27 bits per heavy atom. The maximum atomic E-state index is 12.7. The highest BCUT2D eigenvalue weighted by Crippen LogP contribution is 2.15. The number of amides is 2. The van der Waals surface area contributed by atoms with Gasteiger partial charge in [0, 0.05) is 20.1 Å². The lowest BCUT2D eigenvalue weighted by Crippen LogP contribution is -2.50. The number of hydrogen-bond donors (Lipinski definition) is 1. The molecule has 0 fully saturated rings. The Morgan fingerprint density at radius 2 is 1.81 bits per heavy atom. The molecule has 0 spiro atoms. The molecular formula is C17H27N3O5S. The van der Waals surface area contributed by atoms with Gasteiger partial charge in [-0.2, -0.15) is 4.31 Å². The molecule has 0 saturated carbocycles. The van der Waals surface area contributed by atoms with Crippen LogP contribution in [0.4, 0.5) is 0 Å². The third-order valence-electron chi connectivity index (χ3n) is 3.95. The zero-order valence-electron chi connectivity index (χ0n) is 15.9. The van der Waals surface area contributed by atoms with E-state index in [-0.39, 0.29) is 19.0 Å². The maximum Gasteiger partial charge on any atom is 0.242 e. The minimum absolute atomic E-state index is 0.179. The van der Waals surface area contributed by atoms with Gasteiger partial charge in [0.05, 0.1) is 19.9 Å². The second-order valence-corrected chi connectivity index (χ2v) is 8.05. The van der Waals surface area contributed by atoms with Crippen molar-refractivity contribution in [2.45, 2.75) is 26.4 Å². The number of sulfonamides is 1. The van der Waals surface area contributed by atoms with Gasteiger partial charge in [-0.15, -0.1) is 0 Å². The molecule has 2 amide bonds. The van der Waals surface area contributed by atoms with Gasteiger partial charge in [0.2, 0.25) is 21.8 Å². The van der Waals surface area contributed by atoms with Crippen LogP contribution in [0, 0.1) is 0 Å². The van der Waals surface area contributed by atoms with Gasteiger partial charge in [0.25, 0.3) is 0 Å². The van der Waals surface area contributed by atoms with Crippen LogP contribution in [0.3, 0.4) is 0 Å². The molecule has 0 bridgehead atoms. The molecule has 1 N–H and O–H groups in total. The van der Waals surface area contributed by atoms with E-state index in [4.69, 9.17) is 4.74 Å². The number of nitrogens with zero attached hydrogens (tertiary/aromatic N) is 2. The number of methoxy groups -OCH3 is 1. The molecule has 0 aromatic heterocycles. The average molecular weight is 385 g/mol. The number of carbonyl (C=O) groups is 2. The Morgan fingerprint density at radius 1 is 1.23 bits per heavy atom. The second-order valence-electron chi connectivity index (χ2n) is 5.96. The van der Waals surface area contributed by atoms with Gasteiger partial charge in [-0.25, -0.2) is 8.42 Å². The van der Waals surface area contributed by atoms with Crippen molar-refractivity contribution in [2.75, 3.05) is 33.5 Å². The molecular weight excluding hydrogens is 358 g/mol. The summed E-state index contributed by atoms with van der Waals surface area (Å²) in [6.45, 7) is 3.69. The minimum Gasteiger partial charge on any atom is -0.497 e. The molecule has 0 aliphatic carbocycles. The standard InChI is InChI=1S/C17H27N3O5S/c1-6-18-17(22)13(2)20(16(21)12-19(3)26(5,23)24)11-14-7-9-15(25-4)10-8-14/h7-10,13H,6,11-12H2,1-5H3,(H,18,22). The normalized spacial score (nSPS) is 12.5. The van der Waals surface area contributed by atoms with Crippen LogP contribution in [-0.2, 0) is 26.2 Å². The van der Waals surface area contributed by atoms with Crippen molar-refractivity contribution in [3.8, 4) is 5.75 Å². The largest absolute Gasteiger partial charge is 0.497 e. The van der Waals surface area contributed by atoms with E-state index in [2.05, 4.69) is 5.32 Å². The van der Waals surface area contributed by atoms with Crippen molar-refractivity contribution in [2.24, 2.45) is 0 Å². The Hall–Kier alpha value is -2.13. The highest BCUT2D eigenvalue weighted by Gasteiger charge is 2.28. The lowest BCUT2D eigenvalue weighted by atomic mass is 10.1. The summed E-state index contributed by atoms with van der Waals surface area (Å²) in [5.74, 6) is -0.0657. The first-order chi connectivity index (χ1) is 12.1. The van der Waals surface area contributed by atoms with Gasteiger partial charge in [0.1, 0.15) is 11.8 Å². The van der Waals surface area contributed by atoms with Crippen molar-refractivity contribution in [3.63, 3.8) is 0 Å². The number of rotatable bonds is 9. The van der Waals surface area contributed by atoms with Crippen molar-refractivity contribution in [1.29, 1.82) is 0 Å². The average Bonchev–Trinajstić information content (AvgIpc) is 2.58. The van der Waals surface area contributed by atoms with E-state index < -0.39 is 22.0 Å². The Kier molecular flexibility index (Phi) is 8.04. The van der Waals surface area contributed by atoms with E-state index >= 15 is 0 Å². The Bertz CT molecular complexity index is 718. The summed E-state index contributed by atoms with van der Waals surface area (Å²) in [5.41, 5.74) is 0.803. The van der Waals surface area contributed by atoms with Crippen LogP contribution in [0.25, 0.3) is 0 Å². The highest BCUT2D eigenvalue weighted by atomic mass is 32.2. The zero-order valence-corrected chi connectivity index (χ0v) is 16.7. The smallest absolute Gasteiger partial charge is 0.242 e. The van der Waals surface area contributed by atoms with Gasteiger partial charge >= 0.3 is 0 Å². The summed E-state index contributed by atoms with van der Waals surface area (Å²) in [5, 5.41) is 2.68. The summed E-state index contributed by atoms with van der Waals surface area (Å²) < 4.78 is 29.2. The van der Waals surface area contributed by atoms with Crippen LogP contribution in [0.5, 0.6) is 5.75 Å². The van der Waals surface area contributed by atoms with Crippen molar-refractivity contribution >= 4 is 21.8 Å². The van der Waals surface area contributed by atoms with Crippen molar-refractivity contribution < 1.29 is 22.7 Å². The van der Waals surface area contributed by atoms with Crippen molar-refractivity contribution in [1.82, 2.24) is 14.5 Å².